The fourth-order valence-electron chi connectivity index (χ4n) is 2.08. The highest BCUT2D eigenvalue weighted by Crippen LogP contribution is 2.20. The number of carbonyl (C=O) groups is 2. The number of ketones is 1. The van der Waals surface area contributed by atoms with Gasteiger partial charge < -0.3 is 15.2 Å². The summed E-state index contributed by atoms with van der Waals surface area (Å²) in [6, 6.07) is 10.2. The molecule has 0 aliphatic heterocycles. The summed E-state index contributed by atoms with van der Waals surface area (Å²) in [4.78, 5) is 23.0. The molecule has 0 heterocycles. The largest absolute Gasteiger partial charge is 0.744 e. The van der Waals surface area contributed by atoms with Crippen LogP contribution >= 0.6 is 0 Å². The maximum atomic E-state index is 12.2. The van der Waals surface area contributed by atoms with E-state index < -0.39 is 26.7 Å². The van der Waals surface area contributed by atoms with Crippen LogP contribution in [-0.4, -0.2) is 31.7 Å². The zero-order valence-corrected chi connectivity index (χ0v) is 13.8. The summed E-state index contributed by atoms with van der Waals surface area (Å²) >= 11 is 0. The van der Waals surface area contributed by atoms with Crippen LogP contribution in [0.5, 0.6) is 0 Å². The molecule has 0 unspecified atom stereocenters. The summed E-state index contributed by atoms with van der Waals surface area (Å²) in [6.45, 7) is 1.15. The van der Waals surface area contributed by atoms with Crippen molar-refractivity contribution in [2.24, 2.45) is 0 Å². The molecule has 2 aromatic rings. The number of hydrogen-bond donors (Lipinski definition) is 2. The van der Waals surface area contributed by atoms with E-state index in [0.717, 1.165) is 24.7 Å². The Bertz CT molecular complexity index is 889. The van der Waals surface area contributed by atoms with Gasteiger partial charge in [-0.15, -0.1) is 0 Å². The molecule has 24 heavy (non-hydrogen) atoms. The van der Waals surface area contributed by atoms with Crippen molar-refractivity contribution in [2.75, 3.05) is 17.7 Å². The molecule has 2 rings (SSSR count). The van der Waals surface area contributed by atoms with Crippen molar-refractivity contribution in [1.29, 1.82) is 0 Å². The van der Waals surface area contributed by atoms with E-state index in [4.69, 9.17) is 0 Å². The molecule has 2 aromatic carbocycles. The van der Waals surface area contributed by atoms with E-state index in [0.29, 0.717) is 5.69 Å². The molecule has 0 aliphatic carbocycles. The minimum atomic E-state index is -4.88. The smallest absolute Gasteiger partial charge is 0.255 e. The first kappa shape index (κ1) is 17.6. The summed E-state index contributed by atoms with van der Waals surface area (Å²) in [5, 5.41) is 5.52. The third-order valence-electron chi connectivity index (χ3n) is 3.32. The lowest BCUT2D eigenvalue weighted by atomic mass is 10.1. The Balaban J connectivity index is 2.34. The Labute approximate surface area is 139 Å². The van der Waals surface area contributed by atoms with Crippen LogP contribution in [0.4, 0.5) is 11.4 Å². The summed E-state index contributed by atoms with van der Waals surface area (Å²) < 4.78 is 33.9. The summed E-state index contributed by atoms with van der Waals surface area (Å²) in [6.07, 6.45) is 0. The summed E-state index contributed by atoms with van der Waals surface area (Å²) in [5.74, 6) is -1.16. The van der Waals surface area contributed by atoms with Gasteiger partial charge in [0.15, 0.2) is 5.78 Å². The number of anilines is 2. The summed E-state index contributed by atoms with van der Waals surface area (Å²) in [7, 11) is -3.12. The van der Waals surface area contributed by atoms with Gasteiger partial charge >= 0.3 is 0 Å². The lowest BCUT2D eigenvalue weighted by molar-refractivity contribution is 0.100. The van der Waals surface area contributed by atoms with Crippen molar-refractivity contribution in [1.82, 2.24) is 0 Å². The minimum absolute atomic E-state index is 0.0351. The van der Waals surface area contributed by atoms with Crippen LogP contribution in [0, 0.1) is 0 Å². The third kappa shape index (κ3) is 3.98. The highest BCUT2D eigenvalue weighted by Gasteiger charge is 2.16. The second-order valence-corrected chi connectivity index (χ2v) is 6.35. The molecule has 0 bridgehead atoms. The van der Waals surface area contributed by atoms with Gasteiger partial charge in [0.1, 0.15) is 10.1 Å². The van der Waals surface area contributed by atoms with Crippen LogP contribution in [-0.2, 0) is 10.1 Å². The molecular formula is C16H15N2O5S-. The molecule has 0 spiro atoms. The number of benzene rings is 2. The van der Waals surface area contributed by atoms with Gasteiger partial charge in [-0.25, -0.2) is 8.42 Å². The molecule has 8 heteroatoms. The molecule has 126 valence electrons. The average molecular weight is 347 g/mol. The quantitative estimate of drug-likeness (QED) is 0.632. The van der Waals surface area contributed by atoms with Gasteiger partial charge in [-0.3, -0.25) is 9.59 Å². The molecule has 2 N–H and O–H groups in total. The molecule has 0 saturated carbocycles. The second kappa shape index (κ2) is 6.81. The van der Waals surface area contributed by atoms with Gasteiger partial charge in [0.25, 0.3) is 5.91 Å². The van der Waals surface area contributed by atoms with Crippen molar-refractivity contribution in [3.05, 3.63) is 53.6 Å². The van der Waals surface area contributed by atoms with Gasteiger partial charge in [0.05, 0.1) is 4.90 Å². The average Bonchev–Trinajstić information content (AvgIpc) is 2.54. The fraction of sp³-hybridized carbons (Fsp3) is 0.125. The van der Waals surface area contributed by atoms with Gasteiger partial charge in [-0.2, -0.15) is 0 Å². The van der Waals surface area contributed by atoms with E-state index in [1.807, 2.05) is 0 Å². The van der Waals surface area contributed by atoms with Crippen LogP contribution in [0.2, 0.25) is 0 Å². The Morgan fingerprint density at radius 1 is 1.00 bits per heavy atom. The standard InChI is InChI=1S/C16H16N2O5S/c1-10(19)14-8-3-11(9-15(14)24(21,22)23)16(20)18-13-6-4-12(17-2)5-7-13/h3-9,17H,1-2H3,(H,18,20)(H,21,22,23)/p-1. The first-order valence-electron chi connectivity index (χ1n) is 6.92. The predicted molar refractivity (Wildman–Crippen MR) is 88.4 cm³/mol. The Morgan fingerprint density at radius 3 is 2.08 bits per heavy atom. The van der Waals surface area contributed by atoms with Crippen LogP contribution < -0.4 is 10.6 Å². The number of carbonyl (C=O) groups excluding carboxylic acids is 2. The zero-order chi connectivity index (χ0) is 17.9. The lowest BCUT2D eigenvalue weighted by Gasteiger charge is -2.13. The maximum Gasteiger partial charge on any atom is 0.255 e. The summed E-state index contributed by atoms with van der Waals surface area (Å²) in [5.41, 5.74) is 1.09. The van der Waals surface area contributed by atoms with Crippen LogP contribution in [0.15, 0.2) is 47.4 Å². The number of rotatable bonds is 5. The molecule has 0 atom stereocenters. The monoisotopic (exact) mass is 347 g/mol. The first-order chi connectivity index (χ1) is 11.2. The van der Waals surface area contributed by atoms with Gasteiger partial charge in [-0.05, 0) is 49.4 Å². The molecule has 1 amide bonds. The van der Waals surface area contributed by atoms with Crippen molar-refractivity contribution >= 4 is 33.2 Å². The van der Waals surface area contributed by atoms with Crippen LogP contribution in [0.25, 0.3) is 0 Å². The molecule has 0 aromatic heterocycles. The number of hydrogen-bond acceptors (Lipinski definition) is 6. The molecular weight excluding hydrogens is 332 g/mol. The molecule has 7 nitrogen and oxygen atoms in total. The van der Waals surface area contributed by atoms with Gasteiger partial charge in [0.2, 0.25) is 0 Å². The highest BCUT2D eigenvalue weighted by molar-refractivity contribution is 7.85. The van der Waals surface area contributed by atoms with Crippen molar-refractivity contribution in [3.63, 3.8) is 0 Å². The number of amides is 1. The minimum Gasteiger partial charge on any atom is -0.744 e. The van der Waals surface area contributed by atoms with E-state index in [2.05, 4.69) is 10.6 Å². The predicted octanol–water partition coefficient (Wildman–Crippen LogP) is 2.09. The van der Waals surface area contributed by atoms with Crippen molar-refractivity contribution in [2.45, 2.75) is 11.8 Å². The Hall–Kier alpha value is -2.71. The van der Waals surface area contributed by atoms with E-state index in [-0.39, 0.29) is 11.1 Å². The van der Waals surface area contributed by atoms with E-state index in [1.165, 1.54) is 6.07 Å². The highest BCUT2D eigenvalue weighted by atomic mass is 32.2. The van der Waals surface area contributed by atoms with Gasteiger partial charge in [-0.1, -0.05) is 0 Å². The van der Waals surface area contributed by atoms with E-state index >= 15 is 0 Å². The number of nitrogens with one attached hydrogen (secondary N) is 2. The van der Waals surface area contributed by atoms with Gasteiger partial charge in [0, 0.05) is 29.5 Å². The maximum absolute atomic E-state index is 12.2. The second-order valence-electron chi connectivity index (χ2n) is 5.00. The lowest BCUT2D eigenvalue weighted by Crippen LogP contribution is -2.14. The van der Waals surface area contributed by atoms with Crippen molar-refractivity contribution < 1.29 is 22.6 Å². The topological polar surface area (TPSA) is 115 Å². The Morgan fingerprint density at radius 2 is 1.58 bits per heavy atom. The van der Waals surface area contributed by atoms with E-state index in [9.17, 15) is 22.6 Å². The SMILES string of the molecule is CNc1ccc(NC(=O)c2ccc(C(C)=O)c(S(=O)(=O)[O-])c2)cc1. The fourth-order valence-corrected chi connectivity index (χ4v) is 2.84. The third-order valence-corrected chi connectivity index (χ3v) is 4.20. The molecule has 0 fully saturated rings. The first-order valence-corrected chi connectivity index (χ1v) is 8.33. The normalized spacial score (nSPS) is 11.0. The Kier molecular flexibility index (Phi) is 5.01. The van der Waals surface area contributed by atoms with Crippen LogP contribution in [0.1, 0.15) is 27.6 Å². The van der Waals surface area contributed by atoms with Crippen LogP contribution in [0.3, 0.4) is 0 Å². The number of Topliss-reactive ketones (excluding diaryl/α,β-unsaturated/α-hetero) is 1. The molecule has 0 radical (unpaired) electrons. The van der Waals surface area contributed by atoms with E-state index in [1.54, 1.807) is 31.3 Å². The molecule has 0 saturated heterocycles. The van der Waals surface area contributed by atoms with Crippen molar-refractivity contribution in [3.8, 4) is 0 Å². The molecule has 0 aliphatic rings. The zero-order valence-electron chi connectivity index (χ0n) is 13.0.